The van der Waals surface area contributed by atoms with Gasteiger partial charge >= 0.3 is 0 Å². The highest BCUT2D eigenvalue weighted by atomic mass is 32.1. The fraction of sp³-hybridized carbons (Fsp3) is 0.0244. The maximum atomic E-state index is 3.90. The molecule has 0 saturated carbocycles. The molecule has 9 aromatic rings. The zero-order valence-electron chi connectivity index (χ0n) is 24.6. The van der Waals surface area contributed by atoms with Crippen LogP contribution in [-0.4, -0.2) is 11.8 Å². The number of para-hydroxylation sites is 3. The lowest BCUT2D eigenvalue weighted by Crippen LogP contribution is -2.37. The second-order valence-electron chi connectivity index (χ2n) is 12.1. The lowest BCUT2D eigenvalue weighted by molar-refractivity contribution is 1.20. The summed E-state index contributed by atoms with van der Waals surface area (Å²) in [4.78, 5) is 0. The van der Waals surface area contributed by atoms with Gasteiger partial charge in [-0.25, -0.2) is 0 Å². The van der Waals surface area contributed by atoms with Crippen LogP contribution < -0.4 is 16.2 Å². The van der Waals surface area contributed by atoms with E-state index in [1.165, 1.54) is 86.1 Å². The summed E-state index contributed by atoms with van der Waals surface area (Å²) >= 11 is 1.88. The van der Waals surface area contributed by atoms with Gasteiger partial charge in [0.1, 0.15) is 0 Å². The van der Waals surface area contributed by atoms with Crippen molar-refractivity contribution in [2.45, 2.75) is 6.92 Å². The lowest BCUT2D eigenvalue weighted by atomic mass is 9.58. The van der Waals surface area contributed by atoms with Gasteiger partial charge in [0.2, 0.25) is 0 Å². The van der Waals surface area contributed by atoms with Crippen molar-refractivity contribution < 1.29 is 0 Å². The number of anilines is 2. The maximum Gasteiger partial charge on any atom is 0.197 e. The molecule has 1 aliphatic rings. The number of hydrogen-bond donors (Lipinski definition) is 1. The van der Waals surface area contributed by atoms with E-state index in [0.29, 0.717) is 0 Å². The highest BCUT2D eigenvalue weighted by molar-refractivity contribution is 7.25. The predicted molar refractivity (Wildman–Crippen MR) is 196 cm³/mol. The molecule has 209 valence electrons. The van der Waals surface area contributed by atoms with Crippen LogP contribution in [0.15, 0.2) is 133 Å². The molecule has 0 fully saturated rings. The van der Waals surface area contributed by atoms with Gasteiger partial charge in [-0.1, -0.05) is 103 Å². The van der Waals surface area contributed by atoms with Crippen molar-refractivity contribution >= 4 is 93.7 Å². The average molecular weight is 590 g/mol. The number of thiophene rings is 1. The number of hydrogen-bond acceptors (Lipinski definition) is 2. The maximum absolute atomic E-state index is 3.90. The Bertz CT molecular complexity index is 2680. The van der Waals surface area contributed by atoms with Gasteiger partial charge in [-0.3, -0.25) is 0 Å². The topological polar surface area (TPSA) is 17.0 Å². The summed E-state index contributed by atoms with van der Waals surface area (Å²) in [5, 5.41) is 11.6. The molecule has 10 rings (SSSR count). The van der Waals surface area contributed by atoms with E-state index in [1.54, 1.807) is 0 Å². The van der Waals surface area contributed by atoms with Crippen LogP contribution in [0.3, 0.4) is 0 Å². The van der Waals surface area contributed by atoms with Crippen LogP contribution in [0.1, 0.15) is 5.56 Å². The molecule has 1 radical (unpaired) electrons. The minimum Gasteiger partial charge on any atom is -0.355 e. The summed E-state index contributed by atoms with van der Waals surface area (Å²) in [7, 11) is 2.42. The second kappa shape index (κ2) is 9.34. The van der Waals surface area contributed by atoms with Crippen LogP contribution in [0.25, 0.3) is 69.6 Å². The molecule has 0 unspecified atom stereocenters. The van der Waals surface area contributed by atoms with E-state index in [2.05, 4.69) is 158 Å². The number of nitrogens with zero attached hydrogens (tertiary/aromatic N) is 1. The highest BCUT2D eigenvalue weighted by Gasteiger charge is 2.28. The molecule has 3 heterocycles. The summed E-state index contributed by atoms with van der Waals surface area (Å²) in [6.45, 7) is 2.17. The minimum absolute atomic E-state index is 1.12. The van der Waals surface area contributed by atoms with Gasteiger partial charge in [0.05, 0.1) is 5.52 Å². The Morgan fingerprint density at radius 1 is 0.600 bits per heavy atom. The normalized spacial score (nSPS) is 12.3. The lowest BCUT2D eigenvalue weighted by Gasteiger charge is -2.26. The molecular weight excluding hydrogens is 563 g/mol. The SMILES string of the molecule is Cc1ccccc1Nc1cc2c(cc1-c1c3c(cc4ccccc14)-n1c4ccccc4c4cccc(c41)[B]3)sc1ccccc12. The van der Waals surface area contributed by atoms with Gasteiger partial charge in [0, 0.05) is 59.1 Å². The fourth-order valence-electron chi connectivity index (χ4n) is 7.48. The molecule has 1 aliphatic heterocycles. The summed E-state index contributed by atoms with van der Waals surface area (Å²) in [6.07, 6.45) is 0. The minimum atomic E-state index is 1.12. The van der Waals surface area contributed by atoms with E-state index in [0.717, 1.165) is 11.4 Å². The van der Waals surface area contributed by atoms with Gasteiger partial charge in [0.15, 0.2) is 7.28 Å². The van der Waals surface area contributed by atoms with E-state index in [-0.39, 0.29) is 0 Å². The summed E-state index contributed by atoms with van der Waals surface area (Å²) in [5.41, 5.74) is 12.2. The Kier molecular flexibility index (Phi) is 5.20. The summed E-state index contributed by atoms with van der Waals surface area (Å²) in [5.74, 6) is 0. The number of aromatic nitrogens is 1. The molecule has 1 N–H and O–H groups in total. The summed E-state index contributed by atoms with van der Waals surface area (Å²) in [6, 6.07) is 49.0. The van der Waals surface area contributed by atoms with Crippen molar-refractivity contribution in [1.29, 1.82) is 0 Å². The van der Waals surface area contributed by atoms with E-state index in [1.807, 2.05) is 11.3 Å². The third-order valence-corrected chi connectivity index (χ3v) is 10.7. The van der Waals surface area contributed by atoms with E-state index in [9.17, 15) is 0 Å². The van der Waals surface area contributed by atoms with E-state index < -0.39 is 0 Å². The molecule has 2 nitrogen and oxygen atoms in total. The van der Waals surface area contributed by atoms with Crippen LogP contribution in [0.5, 0.6) is 0 Å². The second-order valence-corrected chi connectivity index (χ2v) is 13.2. The molecule has 2 aromatic heterocycles. The predicted octanol–water partition coefficient (Wildman–Crippen LogP) is 9.99. The number of fused-ring (bicyclic) bond motifs is 9. The highest BCUT2D eigenvalue weighted by Crippen LogP contribution is 2.44. The Morgan fingerprint density at radius 3 is 2.27 bits per heavy atom. The average Bonchev–Trinajstić information content (AvgIpc) is 3.61. The van der Waals surface area contributed by atoms with Crippen molar-refractivity contribution in [2.75, 3.05) is 5.32 Å². The van der Waals surface area contributed by atoms with Crippen LogP contribution >= 0.6 is 11.3 Å². The molecule has 0 atom stereocenters. The van der Waals surface area contributed by atoms with Gasteiger partial charge in [-0.15, -0.1) is 11.3 Å². The zero-order chi connectivity index (χ0) is 29.6. The van der Waals surface area contributed by atoms with E-state index in [4.69, 9.17) is 0 Å². The van der Waals surface area contributed by atoms with Crippen LogP contribution in [0.2, 0.25) is 0 Å². The Hall–Kier alpha value is -5.32. The van der Waals surface area contributed by atoms with Crippen LogP contribution in [0.4, 0.5) is 11.4 Å². The monoisotopic (exact) mass is 589 g/mol. The molecule has 0 saturated heterocycles. The van der Waals surface area contributed by atoms with Crippen molar-refractivity contribution in [3.63, 3.8) is 0 Å². The van der Waals surface area contributed by atoms with Gasteiger partial charge < -0.3 is 9.88 Å². The first-order chi connectivity index (χ1) is 22.2. The zero-order valence-corrected chi connectivity index (χ0v) is 25.5. The van der Waals surface area contributed by atoms with Crippen molar-refractivity contribution in [3.8, 4) is 16.8 Å². The largest absolute Gasteiger partial charge is 0.355 e. The smallest absolute Gasteiger partial charge is 0.197 e. The third kappa shape index (κ3) is 3.57. The molecule has 45 heavy (non-hydrogen) atoms. The van der Waals surface area contributed by atoms with Crippen molar-refractivity contribution in [2.24, 2.45) is 0 Å². The van der Waals surface area contributed by atoms with Gasteiger partial charge in [-0.2, -0.15) is 0 Å². The Labute approximate surface area is 265 Å². The molecule has 4 heteroatoms. The first kappa shape index (κ1) is 25.1. The first-order valence-corrected chi connectivity index (χ1v) is 16.3. The number of nitrogens with one attached hydrogen (secondary N) is 1. The first-order valence-electron chi connectivity index (χ1n) is 15.4. The standard InChI is InChI=1S/C41H26BN2S/c1-24-11-2-7-18-33(24)43-34-22-30-28-15-6-9-20-37(28)45-38(30)23-31(34)39-26-13-4-3-12-25(26)21-36-40(39)42-32-17-10-16-29-27-14-5-8-19-35(27)44(36)41(29)32/h2-23,43H,1H3. The molecular formula is C41H26BN2S. The molecule has 7 aromatic carbocycles. The third-order valence-electron chi connectivity index (χ3n) is 9.53. The van der Waals surface area contributed by atoms with E-state index >= 15 is 0 Å². The Balaban J connectivity index is 1.35. The number of benzene rings is 7. The summed E-state index contributed by atoms with van der Waals surface area (Å²) < 4.78 is 5.11. The van der Waals surface area contributed by atoms with Crippen molar-refractivity contribution in [3.05, 3.63) is 139 Å². The van der Waals surface area contributed by atoms with Crippen molar-refractivity contribution in [1.82, 2.24) is 4.57 Å². The molecule has 0 spiro atoms. The molecule has 0 bridgehead atoms. The van der Waals surface area contributed by atoms with Gasteiger partial charge in [-0.05, 0) is 70.7 Å². The number of aryl methyl sites for hydroxylation is 1. The fourth-order valence-corrected chi connectivity index (χ4v) is 8.60. The van der Waals surface area contributed by atoms with Crippen LogP contribution in [-0.2, 0) is 0 Å². The molecule has 0 aliphatic carbocycles. The molecule has 0 amide bonds. The van der Waals surface area contributed by atoms with Crippen LogP contribution in [0, 0.1) is 6.92 Å². The number of rotatable bonds is 3. The quantitative estimate of drug-likeness (QED) is 0.203. The Morgan fingerprint density at radius 2 is 1.36 bits per heavy atom. The van der Waals surface area contributed by atoms with Gasteiger partial charge in [0.25, 0.3) is 0 Å².